The van der Waals surface area contributed by atoms with Gasteiger partial charge in [0, 0.05) is 63.8 Å². The van der Waals surface area contributed by atoms with E-state index in [4.69, 9.17) is 0 Å². The van der Waals surface area contributed by atoms with Gasteiger partial charge in [0.1, 0.15) is 51.8 Å². The predicted molar refractivity (Wildman–Crippen MR) is 269 cm³/mol. The maximum absolute atomic E-state index is 13.5. The quantitative estimate of drug-likeness (QED) is 0.185. The second-order valence-electron chi connectivity index (χ2n) is 18.4. The Labute approximate surface area is 392 Å². The monoisotopic (exact) mass is 911 g/mol. The lowest BCUT2D eigenvalue weighted by Crippen LogP contribution is -2.00. The molecular weight excluding hydrogens is 846 g/mol. The predicted octanol–water partition coefficient (Wildman–Crippen LogP) is 13.9. The van der Waals surface area contributed by atoms with Crippen LogP contribution in [0.1, 0.15) is 128 Å². The lowest BCUT2D eigenvalue weighted by Gasteiger charge is -2.04. The van der Waals surface area contributed by atoms with Crippen LogP contribution in [0.4, 0.5) is 13.2 Å². The van der Waals surface area contributed by atoms with Crippen molar-refractivity contribution >= 4 is 55.2 Å². The molecule has 0 aliphatic heterocycles. The van der Waals surface area contributed by atoms with Crippen LogP contribution < -0.4 is 0 Å². The third-order valence-corrected chi connectivity index (χ3v) is 11.5. The van der Waals surface area contributed by atoms with Crippen LogP contribution in [0, 0.1) is 17.5 Å². The molecule has 352 valence electrons. The number of hydrogen-bond acceptors (Lipinski definition) is 5. The first-order valence-corrected chi connectivity index (χ1v) is 23.0. The zero-order valence-electron chi connectivity index (χ0n) is 41.4. The molecular formula is C54H65F3N10. The molecule has 5 aromatic carbocycles. The highest BCUT2D eigenvalue weighted by atomic mass is 19.1. The fraction of sp³-hybridized carbons (Fsp3) is 0.352. The van der Waals surface area contributed by atoms with Crippen molar-refractivity contribution in [1.29, 1.82) is 0 Å². The number of nitrogens with zero attached hydrogens (tertiary/aromatic N) is 9. The van der Waals surface area contributed by atoms with Crippen LogP contribution in [0.3, 0.4) is 0 Å². The summed E-state index contributed by atoms with van der Waals surface area (Å²) in [6, 6.07) is 31.1. The van der Waals surface area contributed by atoms with Crippen LogP contribution in [0.15, 0.2) is 103 Å². The van der Waals surface area contributed by atoms with Crippen molar-refractivity contribution in [2.75, 3.05) is 0 Å². The number of aromatic amines is 1. The number of rotatable bonds is 5. The van der Waals surface area contributed by atoms with E-state index in [0.717, 1.165) is 67.7 Å². The molecule has 0 fully saturated rings. The Bertz CT molecular complexity index is 3190. The number of para-hydroxylation sites is 6. The van der Waals surface area contributed by atoms with Gasteiger partial charge in [-0.25, -0.2) is 38.1 Å². The maximum Gasteiger partial charge on any atom is 0.151 e. The molecule has 0 aliphatic carbocycles. The number of halogens is 3. The van der Waals surface area contributed by atoms with Crippen LogP contribution in [-0.4, -0.2) is 48.2 Å². The van der Waals surface area contributed by atoms with Crippen molar-refractivity contribution in [1.82, 2.24) is 48.2 Å². The third kappa shape index (κ3) is 11.1. The van der Waals surface area contributed by atoms with Crippen LogP contribution in [0.2, 0.25) is 0 Å². The molecule has 10 rings (SSSR count). The van der Waals surface area contributed by atoms with E-state index in [9.17, 15) is 13.2 Å². The van der Waals surface area contributed by atoms with Gasteiger partial charge in [-0.15, -0.1) is 0 Å². The Hall–Kier alpha value is -6.76. The topological polar surface area (TPSA) is 100.0 Å². The molecule has 0 aliphatic rings. The molecule has 10 nitrogen and oxygen atoms in total. The second-order valence-corrected chi connectivity index (χ2v) is 18.4. The number of hydrogen-bond donors (Lipinski definition) is 1. The maximum atomic E-state index is 13.5. The second kappa shape index (κ2) is 21.3. The summed E-state index contributed by atoms with van der Waals surface area (Å²) in [6.45, 7) is 21.0. The fourth-order valence-electron chi connectivity index (χ4n) is 8.10. The number of benzene rings is 5. The first-order valence-electron chi connectivity index (χ1n) is 23.0. The molecule has 0 radical (unpaired) electrons. The number of fused-ring (bicyclic) bond motifs is 5. The van der Waals surface area contributed by atoms with Crippen molar-refractivity contribution in [2.24, 2.45) is 28.2 Å². The van der Waals surface area contributed by atoms with Gasteiger partial charge in [-0.2, -0.15) is 0 Å². The molecule has 10 aromatic rings. The van der Waals surface area contributed by atoms with E-state index >= 15 is 0 Å². The number of H-pyrrole nitrogens is 1. The van der Waals surface area contributed by atoms with Gasteiger partial charge in [0.25, 0.3) is 0 Å². The summed E-state index contributed by atoms with van der Waals surface area (Å²) < 4.78 is 47.7. The van der Waals surface area contributed by atoms with Gasteiger partial charge in [0.15, 0.2) is 5.82 Å². The van der Waals surface area contributed by atoms with Crippen molar-refractivity contribution in [3.05, 3.63) is 150 Å². The normalized spacial score (nSPS) is 11.4. The number of aryl methyl sites for hydroxylation is 4. The van der Waals surface area contributed by atoms with Crippen molar-refractivity contribution in [2.45, 2.75) is 98.8 Å². The lowest BCUT2D eigenvalue weighted by molar-refractivity contribution is 0.627. The average Bonchev–Trinajstić information content (AvgIpc) is 4.11. The summed E-state index contributed by atoms with van der Waals surface area (Å²) in [7, 11) is 7.81. The van der Waals surface area contributed by atoms with Crippen LogP contribution in [-0.2, 0) is 28.2 Å². The summed E-state index contributed by atoms with van der Waals surface area (Å²) in [6.07, 6.45) is 0. The van der Waals surface area contributed by atoms with Crippen molar-refractivity contribution < 1.29 is 13.2 Å². The summed E-state index contributed by atoms with van der Waals surface area (Å²) in [4.78, 5) is 25.4. The van der Waals surface area contributed by atoms with Gasteiger partial charge < -0.3 is 23.3 Å². The molecule has 0 saturated heterocycles. The van der Waals surface area contributed by atoms with Gasteiger partial charge in [-0.3, -0.25) is 0 Å². The summed E-state index contributed by atoms with van der Waals surface area (Å²) in [5, 5.41) is 0. The van der Waals surface area contributed by atoms with Gasteiger partial charge in [0.05, 0.1) is 44.1 Å². The van der Waals surface area contributed by atoms with E-state index in [-0.39, 0.29) is 17.5 Å². The minimum absolute atomic E-state index is 0.204. The van der Waals surface area contributed by atoms with E-state index < -0.39 is 0 Å². The SMILES string of the molecule is CC(C)c1nc2c(F)cccc2n1C.CC(C)c1nc2cc(F)ccc2n1C.CC(C)c1nc2cccc(F)c2n1C.CC(C)c1nc2ccccc2[nH]1.CC(C)c1nc2ccccc2n1C. The molecule has 5 aromatic heterocycles. The lowest BCUT2D eigenvalue weighted by atomic mass is 10.2. The Morgan fingerprint density at radius 2 is 0.866 bits per heavy atom. The molecule has 0 amide bonds. The van der Waals surface area contributed by atoms with Crippen LogP contribution in [0.25, 0.3) is 55.2 Å². The highest BCUT2D eigenvalue weighted by molar-refractivity contribution is 5.79. The highest BCUT2D eigenvalue weighted by Crippen LogP contribution is 2.25. The Balaban J connectivity index is 0.000000138. The summed E-state index contributed by atoms with van der Waals surface area (Å²) in [5.74, 6) is 6.31. The van der Waals surface area contributed by atoms with Crippen LogP contribution >= 0.6 is 0 Å². The zero-order chi connectivity index (χ0) is 48.9. The first kappa shape index (κ1) is 49.7. The largest absolute Gasteiger partial charge is 0.342 e. The highest BCUT2D eigenvalue weighted by Gasteiger charge is 2.15. The molecule has 0 atom stereocenters. The van der Waals surface area contributed by atoms with Gasteiger partial charge in [0.2, 0.25) is 0 Å². The van der Waals surface area contributed by atoms with E-state index in [1.807, 2.05) is 83.4 Å². The zero-order valence-corrected chi connectivity index (χ0v) is 41.4. The minimum atomic E-state index is -0.245. The molecule has 0 bridgehead atoms. The van der Waals surface area contributed by atoms with E-state index in [1.54, 1.807) is 18.2 Å². The molecule has 5 heterocycles. The van der Waals surface area contributed by atoms with Crippen molar-refractivity contribution in [3.63, 3.8) is 0 Å². The smallest absolute Gasteiger partial charge is 0.151 e. The van der Waals surface area contributed by atoms with E-state index in [0.29, 0.717) is 40.6 Å². The Morgan fingerprint density at radius 3 is 1.43 bits per heavy atom. The summed E-state index contributed by atoms with van der Waals surface area (Å²) in [5.41, 5.74) is 8.86. The van der Waals surface area contributed by atoms with E-state index in [1.165, 1.54) is 29.8 Å². The minimum Gasteiger partial charge on any atom is -0.342 e. The Kier molecular flexibility index (Phi) is 15.8. The van der Waals surface area contributed by atoms with Crippen LogP contribution in [0.5, 0.6) is 0 Å². The standard InChI is InChI=1S/3C11H13FN2.C11H14N2.C10H12N2/c1-7(2)11-13-9-6-8(12)4-5-10(9)14(11)3;1-7(2)11-13-10-8(12)5-4-6-9(10)14(11)3;1-7(2)11-13-9-6-4-5-8(12)10(9)14(11)3;1-8(2)11-12-9-6-4-5-7-10(9)13(11)3;1-7(2)10-11-8-5-3-4-6-9(8)12-10/h3*4-7H,1-3H3;4-8H,1-3H3;3-7H,1-2H3,(H,11,12). The molecule has 67 heavy (non-hydrogen) atoms. The van der Waals surface area contributed by atoms with E-state index in [2.05, 4.69) is 123 Å². The molecule has 13 heteroatoms. The Morgan fingerprint density at radius 1 is 0.403 bits per heavy atom. The van der Waals surface area contributed by atoms with Crippen molar-refractivity contribution in [3.8, 4) is 0 Å². The number of aromatic nitrogens is 10. The summed E-state index contributed by atoms with van der Waals surface area (Å²) >= 11 is 0. The fourth-order valence-corrected chi connectivity index (χ4v) is 8.10. The van der Waals surface area contributed by atoms with Gasteiger partial charge in [-0.05, 0) is 60.7 Å². The molecule has 0 unspecified atom stereocenters. The molecule has 0 saturated carbocycles. The number of nitrogens with one attached hydrogen (secondary N) is 1. The average molecular weight is 911 g/mol. The van der Waals surface area contributed by atoms with Gasteiger partial charge >= 0.3 is 0 Å². The molecule has 0 spiro atoms. The third-order valence-electron chi connectivity index (χ3n) is 11.5. The van der Waals surface area contributed by atoms with Gasteiger partial charge in [-0.1, -0.05) is 106 Å². The first-order chi connectivity index (χ1) is 31.8. The number of imidazole rings is 5. The molecule has 1 N–H and O–H groups in total.